The van der Waals surface area contributed by atoms with Crippen LogP contribution in [0.4, 0.5) is 5.69 Å². The minimum Gasteiger partial charge on any atom is -0.497 e. The van der Waals surface area contributed by atoms with Crippen LogP contribution >= 0.6 is 11.8 Å². The zero-order valence-electron chi connectivity index (χ0n) is 19.8. The minimum absolute atomic E-state index is 0.0958. The standard InChI is InChI=1S/C27H28N4O2S/c1-5-31-25(21-13-15-22(33-4)16-14-21)29-30-27(31)34-24(20-9-7-6-8-10-20)26(32)28-23-17-18(2)11-12-19(23)3/h6-17,24H,5H2,1-4H3,(H,28,32). The number of methoxy groups -OCH3 is 1. The van der Waals surface area contributed by atoms with E-state index in [-0.39, 0.29) is 5.91 Å². The van der Waals surface area contributed by atoms with Crippen molar-refractivity contribution in [2.24, 2.45) is 0 Å². The van der Waals surface area contributed by atoms with Crippen LogP contribution in [0.2, 0.25) is 0 Å². The molecule has 4 aromatic rings. The number of nitrogens with zero attached hydrogens (tertiary/aromatic N) is 3. The number of rotatable bonds is 8. The first-order chi connectivity index (χ1) is 16.5. The summed E-state index contributed by atoms with van der Waals surface area (Å²) in [6, 6.07) is 23.6. The number of aryl methyl sites for hydroxylation is 2. The van der Waals surface area contributed by atoms with Crippen molar-refractivity contribution in [3.05, 3.63) is 89.5 Å². The summed E-state index contributed by atoms with van der Waals surface area (Å²) >= 11 is 1.41. The Bertz CT molecular complexity index is 1270. The Morgan fingerprint density at radius 3 is 2.44 bits per heavy atom. The van der Waals surface area contributed by atoms with Crippen molar-refractivity contribution in [3.63, 3.8) is 0 Å². The molecule has 0 bridgehead atoms. The molecule has 0 fully saturated rings. The molecule has 0 saturated carbocycles. The van der Waals surface area contributed by atoms with Crippen molar-refractivity contribution in [3.8, 4) is 17.1 Å². The molecule has 1 unspecified atom stereocenters. The Balaban J connectivity index is 1.66. The van der Waals surface area contributed by atoms with E-state index in [1.165, 1.54) is 11.8 Å². The second-order valence-corrected chi connectivity index (χ2v) is 9.07. The van der Waals surface area contributed by atoms with Gasteiger partial charge in [-0.3, -0.25) is 4.79 Å². The number of carbonyl (C=O) groups is 1. The summed E-state index contributed by atoms with van der Waals surface area (Å²) in [5.74, 6) is 1.45. The summed E-state index contributed by atoms with van der Waals surface area (Å²) in [5.41, 5.74) is 4.79. The first-order valence-electron chi connectivity index (χ1n) is 11.2. The van der Waals surface area contributed by atoms with E-state index in [1.807, 2.05) is 98.1 Å². The van der Waals surface area contributed by atoms with Crippen molar-refractivity contribution in [1.29, 1.82) is 0 Å². The SMILES string of the molecule is CCn1c(SC(C(=O)Nc2cc(C)ccc2C)c2ccccc2)nnc1-c1ccc(OC)cc1. The van der Waals surface area contributed by atoms with Gasteiger partial charge < -0.3 is 14.6 Å². The van der Waals surface area contributed by atoms with E-state index >= 15 is 0 Å². The van der Waals surface area contributed by atoms with Gasteiger partial charge >= 0.3 is 0 Å². The Labute approximate surface area is 204 Å². The lowest BCUT2D eigenvalue weighted by molar-refractivity contribution is -0.115. The van der Waals surface area contributed by atoms with Crippen molar-refractivity contribution < 1.29 is 9.53 Å². The molecule has 1 aromatic heterocycles. The van der Waals surface area contributed by atoms with Crippen molar-refractivity contribution in [1.82, 2.24) is 14.8 Å². The van der Waals surface area contributed by atoms with Crippen LogP contribution < -0.4 is 10.1 Å². The van der Waals surface area contributed by atoms with Gasteiger partial charge in [0.25, 0.3) is 0 Å². The molecule has 0 radical (unpaired) electrons. The number of benzene rings is 3. The average Bonchev–Trinajstić information content (AvgIpc) is 3.27. The number of thioether (sulfide) groups is 1. The number of hydrogen-bond donors (Lipinski definition) is 1. The zero-order valence-corrected chi connectivity index (χ0v) is 20.6. The smallest absolute Gasteiger partial charge is 0.242 e. The van der Waals surface area contributed by atoms with E-state index in [2.05, 4.69) is 15.5 Å². The molecule has 174 valence electrons. The third-order valence-corrected chi connectivity index (χ3v) is 6.83. The Kier molecular flexibility index (Phi) is 7.33. The summed E-state index contributed by atoms with van der Waals surface area (Å²) < 4.78 is 7.30. The molecule has 34 heavy (non-hydrogen) atoms. The number of anilines is 1. The van der Waals surface area contributed by atoms with Crippen LogP contribution in [0, 0.1) is 13.8 Å². The second-order valence-electron chi connectivity index (χ2n) is 8.00. The molecule has 6 nitrogen and oxygen atoms in total. The van der Waals surface area contributed by atoms with Crippen LogP contribution in [0.15, 0.2) is 78.0 Å². The zero-order chi connectivity index (χ0) is 24.1. The lowest BCUT2D eigenvalue weighted by Gasteiger charge is -2.18. The molecule has 1 amide bonds. The molecular formula is C27H28N4O2S. The molecule has 0 aliphatic heterocycles. The molecule has 0 spiro atoms. The largest absolute Gasteiger partial charge is 0.497 e. The van der Waals surface area contributed by atoms with E-state index in [4.69, 9.17) is 4.74 Å². The molecule has 1 atom stereocenters. The maximum atomic E-state index is 13.5. The molecule has 1 N–H and O–H groups in total. The van der Waals surface area contributed by atoms with E-state index in [9.17, 15) is 4.79 Å². The molecule has 4 rings (SSSR count). The quantitative estimate of drug-likeness (QED) is 0.316. The van der Waals surface area contributed by atoms with Gasteiger partial charge in [0.05, 0.1) is 7.11 Å². The van der Waals surface area contributed by atoms with Crippen LogP contribution in [0.5, 0.6) is 5.75 Å². The number of amides is 1. The molecular weight excluding hydrogens is 444 g/mol. The Hall–Kier alpha value is -3.58. The third kappa shape index (κ3) is 5.15. The number of ether oxygens (including phenoxy) is 1. The summed E-state index contributed by atoms with van der Waals surface area (Å²) in [5, 5.41) is 12.2. The summed E-state index contributed by atoms with van der Waals surface area (Å²) in [7, 11) is 1.64. The van der Waals surface area contributed by atoms with E-state index in [0.29, 0.717) is 11.7 Å². The maximum Gasteiger partial charge on any atom is 0.242 e. The van der Waals surface area contributed by atoms with Crippen LogP contribution in [0.3, 0.4) is 0 Å². The number of hydrogen-bond acceptors (Lipinski definition) is 5. The molecule has 7 heteroatoms. The first-order valence-corrected chi connectivity index (χ1v) is 12.1. The highest BCUT2D eigenvalue weighted by Crippen LogP contribution is 2.37. The van der Waals surface area contributed by atoms with Crippen LogP contribution in [-0.2, 0) is 11.3 Å². The predicted octanol–water partition coefficient (Wildman–Crippen LogP) is 6.06. The monoisotopic (exact) mass is 472 g/mol. The van der Waals surface area contributed by atoms with Gasteiger partial charge in [-0.2, -0.15) is 0 Å². The van der Waals surface area contributed by atoms with Gasteiger partial charge in [-0.25, -0.2) is 0 Å². The number of aromatic nitrogens is 3. The molecule has 3 aromatic carbocycles. The van der Waals surface area contributed by atoms with Crippen molar-refractivity contribution in [2.75, 3.05) is 12.4 Å². The van der Waals surface area contributed by atoms with E-state index in [0.717, 1.165) is 39.5 Å². The highest BCUT2D eigenvalue weighted by Gasteiger charge is 2.26. The maximum absolute atomic E-state index is 13.5. The molecule has 1 heterocycles. The van der Waals surface area contributed by atoms with Gasteiger partial charge in [0, 0.05) is 17.8 Å². The lowest BCUT2D eigenvalue weighted by atomic mass is 10.1. The van der Waals surface area contributed by atoms with Gasteiger partial charge in [0.15, 0.2) is 11.0 Å². The lowest BCUT2D eigenvalue weighted by Crippen LogP contribution is -2.20. The normalized spacial score (nSPS) is 11.8. The first kappa shape index (κ1) is 23.6. The number of carbonyl (C=O) groups excluding carboxylic acids is 1. The fourth-order valence-corrected chi connectivity index (χ4v) is 4.79. The van der Waals surface area contributed by atoms with Gasteiger partial charge in [-0.15, -0.1) is 10.2 Å². The fourth-order valence-electron chi connectivity index (χ4n) is 3.69. The summed E-state index contributed by atoms with van der Waals surface area (Å²) in [6.07, 6.45) is 0. The Morgan fingerprint density at radius 2 is 1.76 bits per heavy atom. The van der Waals surface area contributed by atoms with E-state index < -0.39 is 5.25 Å². The number of nitrogens with one attached hydrogen (secondary N) is 1. The van der Waals surface area contributed by atoms with Crippen LogP contribution in [0.1, 0.15) is 28.9 Å². The third-order valence-electron chi connectivity index (χ3n) is 5.60. The molecule has 0 saturated heterocycles. The molecule has 0 aliphatic carbocycles. The topological polar surface area (TPSA) is 69.0 Å². The molecule has 0 aliphatic rings. The van der Waals surface area contributed by atoms with Gasteiger partial charge in [-0.05, 0) is 67.8 Å². The van der Waals surface area contributed by atoms with Crippen LogP contribution in [-0.4, -0.2) is 27.8 Å². The highest BCUT2D eigenvalue weighted by atomic mass is 32.2. The average molecular weight is 473 g/mol. The van der Waals surface area contributed by atoms with E-state index in [1.54, 1.807) is 7.11 Å². The van der Waals surface area contributed by atoms with Gasteiger partial charge in [0.2, 0.25) is 5.91 Å². The van der Waals surface area contributed by atoms with Crippen LogP contribution in [0.25, 0.3) is 11.4 Å². The second kappa shape index (κ2) is 10.6. The van der Waals surface area contributed by atoms with Gasteiger partial charge in [0.1, 0.15) is 11.0 Å². The van der Waals surface area contributed by atoms with Crippen molar-refractivity contribution >= 4 is 23.4 Å². The predicted molar refractivity (Wildman–Crippen MR) is 137 cm³/mol. The highest BCUT2D eigenvalue weighted by molar-refractivity contribution is 8.00. The van der Waals surface area contributed by atoms with Gasteiger partial charge in [-0.1, -0.05) is 54.2 Å². The van der Waals surface area contributed by atoms with Crippen molar-refractivity contribution in [2.45, 2.75) is 37.7 Å². The fraction of sp³-hybridized carbons (Fsp3) is 0.222. The minimum atomic E-state index is -0.487. The summed E-state index contributed by atoms with van der Waals surface area (Å²) in [6.45, 7) is 6.74. The Morgan fingerprint density at radius 1 is 1.03 bits per heavy atom. The summed E-state index contributed by atoms with van der Waals surface area (Å²) in [4.78, 5) is 13.5.